The summed E-state index contributed by atoms with van der Waals surface area (Å²) >= 11 is 0. The van der Waals surface area contributed by atoms with E-state index in [0.717, 1.165) is 22.6 Å². The third kappa shape index (κ3) is 3.52. The first-order valence-corrected chi connectivity index (χ1v) is 8.67. The van der Waals surface area contributed by atoms with Gasteiger partial charge in [-0.3, -0.25) is 4.79 Å². The van der Waals surface area contributed by atoms with E-state index in [4.69, 9.17) is 0 Å². The van der Waals surface area contributed by atoms with Crippen molar-refractivity contribution in [2.45, 2.75) is 27.2 Å². The number of likely N-dealkylation sites (N-methyl/N-ethyl adjacent to an activating group) is 1. The second-order valence-corrected chi connectivity index (χ2v) is 6.19. The van der Waals surface area contributed by atoms with Crippen LogP contribution in [0.4, 0.5) is 10.1 Å². The van der Waals surface area contributed by atoms with Crippen molar-refractivity contribution in [1.29, 1.82) is 0 Å². The van der Waals surface area contributed by atoms with Gasteiger partial charge < -0.3 is 4.90 Å². The zero-order chi connectivity index (χ0) is 18.7. The average Bonchev–Trinajstić information content (AvgIpc) is 2.93. The van der Waals surface area contributed by atoms with E-state index in [1.165, 1.54) is 12.1 Å². The minimum Gasteiger partial charge on any atom is -0.312 e. The number of rotatable bonds is 5. The molecule has 3 rings (SSSR count). The molecule has 134 valence electrons. The largest absolute Gasteiger partial charge is 0.312 e. The second-order valence-electron chi connectivity index (χ2n) is 6.19. The maximum absolute atomic E-state index is 13.2. The predicted octanol–water partition coefficient (Wildman–Crippen LogP) is 4.22. The number of carbonyl (C=O) groups excluding carboxylic acids is 1. The second kappa shape index (κ2) is 7.52. The summed E-state index contributed by atoms with van der Waals surface area (Å²) in [5.41, 5.74) is 4.40. The molecule has 0 unspecified atom stereocenters. The number of amides is 1. The summed E-state index contributed by atoms with van der Waals surface area (Å²) in [7, 11) is 0. The molecule has 1 heterocycles. The van der Waals surface area contributed by atoms with Gasteiger partial charge in [-0.25, -0.2) is 9.07 Å². The highest BCUT2D eigenvalue weighted by atomic mass is 19.1. The summed E-state index contributed by atoms with van der Waals surface area (Å²) in [6, 6.07) is 15.9. The van der Waals surface area contributed by atoms with Crippen molar-refractivity contribution in [2.24, 2.45) is 0 Å². The number of benzene rings is 2. The first kappa shape index (κ1) is 17.9. The van der Waals surface area contributed by atoms with Gasteiger partial charge in [-0.05, 0) is 57.2 Å². The van der Waals surface area contributed by atoms with E-state index in [0.29, 0.717) is 12.2 Å². The Morgan fingerprint density at radius 3 is 2.35 bits per heavy atom. The van der Waals surface area contributed by atoms with Crippen LogP contribution in [0.25, 0.3) is 5.69 Å². The van der Waals surface area contributed by atoms with Crippen LogP contribution < -0.4 is 4.90 Å². The Labute approximate surface area is 152 Å². The number of carbonyl (C=O) groups is 1. The standard InChI is InChI=1S/C21H22FN3O/c1-4-24(18-12-10-17(22)11-13-18)21(26)14-20-15(2)23-25(16(20)3)19-8-6-5-7-9-19/h5-13H,4,14H2,1-3H3. The van der Waals surface area contributed by atoms with Crippen LogP contribution in [0.15, 0.2) is 54.6 Å². The molecule has 2 aromatic carbocycles. The van der Waals surface area contributed by atoms with Crippen molar-refractivity contribution in [3.8, 4) is 5.69 Å². The molecule has 5 heteroatoms. The zero-order valence-corrected chi connectivity index (χ0v) is 15.2. The normalized spacial score (nSPS) is 10.8. The molecule has 0 spiro atoms. The molecule has 0 aliphatic rings. The molecule has 0 saturated heterocycles. The van der Waals surface area contributed by atoms with E-state index in [2.05, 4.69) is 5.10 Å². The van der Waals surface area contributed by atoms with Gasteiger partial charge in [0.05, 0.1) is 17.8 Å². The van der Waals surface area contributed by atoms with Gasteiger partial charge in [0, 0.05) is 23.5 Å². The zero-order valence-electron chi connectivity index (χ0n) is 15.2. The van der Waals surface area contributed by atoms with E-state index >= 15 is 0 Å². The number of aromatic nitrogens is 2. The lowest BCUT2D eigenvalue weighted by Gasteiger charge is -2.21. The van der Waals surface area contributed by atoms with Gasteiger partial charge >= 0.3 is 0 Å². The van der Waals surface area contributed by atoms with E-state index < -0.39 is 0 Å². The Hall–Kier alpha value is -2.95. The molecule has 0 saturated carbocycles. The lowest BCUT2D eigenvalue weighted by Crippen LogP contribution is -2.32. The summed E-state index contributed by atoms with van der Waals surface area (Å²) in [5, 5.41) is 4.60. The number of anilines is 1. The minimum atomic E-state index is -0.312. The van der Waals surface area contributed by atoms with E-state index in [1.54, 1.807) is 17.0 Å². The topological polar surface area (TPSA) is 38.1 Å². The van der Waals surface area contributed by atoms with Crippen LogP contribution in [-0.2, 0) is 11.2 Å². The van der Waals surface area contributed by atoms with Gasteiger partial charge in [0.1, 0.15) is 5.82 Å². The fraction of sp³-hybridized carbons (Fsp3) is 0.238. The maximum Gasteiger partial charge on any atom is 0.231 e. The number of hydrogen-bond donors (Lipinski definition) is 0. The first-order chi connectivity index (χ1) is 12.5. The lowest BCUT2D eigenvalue weighted by atomic mass is 10.1. The van der Waals surface area contributed by atoms with E-state index in [9.17, 15) is 9.18 Å². The molecule has 0 N–H and O–H groups in total. The van der Waals surface area contributed by atoms with Crippen LogP contribution >= 0.6 is 0 Å². The molecule has 1 aromatic heterocycles. The Morgan fingerprint density at radius 2 is 1.73 bits per heavy atom. The molecule has 0 atom stereocenters. The SMILES string of the molecule is CCN(C(=O)Cc1c(C)nn(-c2ccccc2)c1C)c1ccc(F)cc1. The monoisotopic (exact) mass is 351 g/mol. The molecular formula is C21H22FN3O. The number of hydrogen-bond acceptors (Lipinski definition) is 2. The fourth-order valence-corrected chi connectivity index (χ4v) is 3.12. The quantitative estimate of drug-likeness (QED) is 0.690. The third-order valence-electron chi connectivity index (χ3n) is 4.53. The number of halogens is 1. The summed E-state index contributed by atoms with van der Waals surface area (Å²) in [4.78, 5) is 14.5. The highest BCUT2D eigenvalue weighted by molar-refractivity contribution is 5.94. The highest BCUT2D eigenvalue weighted by Gasteiger charge is 2.20. The van der Waals surface area contributed by atoms with Gasteiger partial charge in [-0.2, -0.15) is 5.10 Å². The van der Waals surface area contributed by atoms with E-state index in [1.807, 2.05) is 55.8 Å². The van der Waals surface area contributed by atoms with Gasteiger partial charge in [-0.1, -0.05) is 18.2 Å². The first-order valence-electron chi connectivity index (χ1n) is 8.67. The molecule has 3 aromatic rings. The summed E-state index contributed by atoms with van der Waals surface area (Å²) in [6.45, 7) is 6.33. The van der Waals surface area contributed by atoms with Crippen molar-refractivity contribution in [3.63, 3.8) is 0 Å². The summed E-state index contributed by atoms with van der Waals surface area (Å²) in [5.74, 6) is -0.342. The van der Waals surface area contributed by atoms with Crippen molar-refractivity contribution in [1.82, 2.24) is 9.78 Å². The fourth-order valence-electron chi connectivity index (χ4n) is 3.12. The molecule has 0 bridgehead atoms. The van der Waals surface area contributed by atoms with Crippen LogP contribution in [-0.4, -0.2) is 22.2 Å². The molecule has 0 fully saturated rings. The van der Waals surface area contributed by atoms with Crippen LogP contribution in [0.3, 0.4) is 0 Å². The highest BCUT2D eigenvalue weighted by Crippen LogP contribution is 2.21. The molecule has 4 nitrogen and oxygen atoms in total. The predicted molar refractivity (Wildman–Crippen MR) is 101 cm³/mol. The molecular weight excluding hydrogens is 329 g/mol. The Morgan fingerprint density at radius 1 is 1.08 bits per heavy atom. The number of para-hydroxylation sites is 1. The van der Waals surface area contributed by atoms with Crippen LogP contribution in [0.2, 0.25) is 0 Å². The summed E-state index contributed by atoms with van der Waals surface area (Å²) in [6.07, 6.45) is 0.260. The van der Waals surface area contributed by atoms with Gasteiger partial charge in [0.2, 0.25) is 5.91 Å². The molecule has 26 heavy (non-hydrogen) atoms. The van der Waals surface area contributed by atoms with Crippen LogP contribution in [0.5, 0.6) is 0 Å². The lowest BCUT2D eigenvalue weighted by molar-refractivity contribution is -0.118. The van der Waals surface area contributed by atoms with Crippen molar-refractivity contribution < 1.29 is 9.18 Å². The molecule has 0 aliphatic heterocycles. The molecule has 0 radical (unpaired) electrons. The van der Waals surface area contributed by atoms with Crippen LogP contribution in [0, 0.1) is 19.7 Å². The van der Waals surface area contributed by atoms with Gasteiger partial charge in [0.25, 0.3) is 0 Å². The van der Waals surface area contributed by atoms with Gasteiger partial charge in [-0.15, -0.1) is 0 Å². The molecule has 1 amide bonds. The number of aryl methyl sites for hydroxylation is 1. The van der Waals surface area contributed by atoms with Crippen molar-refractivity contribution in [3.05, 3.63) is 77.4 Å². The number of nitrogens with zero attached hydrogens (tertiary/aromatic N) is 3. The Balaban J connectivity index is 1.87. The van der Waals surface area contributed by atoms with Crippen LogP contribution in [0.1, 0.15) is 23.9 Å². The Kier molecular flexibility index (Phi) is 5.16. The third-order valence-corrected chi connectivity index (χ3v) is 4.53. The van der Waals surface area contributed by atoms with Crippen molar-refractivity contribution in [2.75, 3.05) is 11.4 Å². The van der Waals surface area contributed by atoms with Gasteiger partial charge in [0.15, 0.2) is 0 Å². The molecule has 0 aliphatic carbocycles. The minimum absolute atomic E-state index is 0.0297. The maximum atomic E-state index is 13.2. The van der Waals surface area contributed by atoms with Crippen molar-refractivity contribution >= 4 is 11.6 Å². The summed E-state index contributed by atoms with van der Waals surface area (Å²) < 4.78 is 15.0. The smallest absolute Gasteiger partial charge is 0.231 e. The van der Waals surface area contributed by atoms with E-state index in [-0.39, 0.29) is 18.1 Å². The Bertz CT molecular complexity index is 901. The average molecular weight is 351 g/mol.